The number of aliphatic imine (C=N–C) groups is 1. The smallest absolute Gasteiger partial charge is 0.211 e. The van der Waals surface area contributed by atoms with E-state index in [1.807, 2.05) is 36.4 Å². The Hall–Kier alpha value is -2.70. The predicted molar refractivity (Wildman–Crippen MR) is 77.2 cm³/mol. The van der Waals surface area contributed by atoms with Crippen molar-refractivity contribution in [3.63, 3.8) is 0 Å². The summed E-state index contributed by atoms with van der Waals surface area (Å²) in [5.74, 6) is 0. The van der Waals surface area contributed by atoms with E-state index in [2.05, 4.69) is 29.3 Å². The summed E-state index contributed by atoms with van der Waals surface area (Å²) < 4.78 is 0. The lowest BCUT2D eigenvalue weighted by Crippen LogP contribution is -1.80. The molecular weight excluding hydrogens is 234 g/mol. The lowest BCUT2D eigenvalue weighted by atomic mass is 9.98. The molecule has 19 heavy (non-hydrogen) atoms. The van der Waals surface area contributed by atoms with Gasteiger partial charge < -0.3 is 0 Å². The van der Waals surface area contributed by atoms with Gasteiger partial charge in [0.15, 0.2) is 0 Å². The van der Waals surface area contributed by atoms with Crippen LogP contribution in [0.4, 0.5) is 5.69 Å². The summed E-state index contributed by atoms with van der Waals surface area (Å²) in [7, 11) is 0. The molecule has 0 aliphatic carbocycles. The zero-order chi connectivity index (χ0) is 13.1. The first-order valence-electron chi connectivity index (χ1n) is 6.04. The molecule has 0 aliphatic heterocycles. The highest BCUT2D eigenvalue weighted by atomic mass is 16.1. The lowest BCUT2D eigenvalue weighted by Gasteiger charge is -2.07. The maximum atomic E-state index is 10.3. The molecule has 0 saturated heterocycles. The largest absolute Gasteiger partial charge is 0.240 e. The summed E-state index contributed by atoms with van der Waals surface area (Å²) in [5.41, 5.74) is 2.81. The van der Waals surface area contributed by atoms with Crippen molar-refractivity contribution < 1.29 is 4.79 Å². The van der Waals surface area contributed by atoms with E-state index in [4.69, 9.17) is 0 Å². The molecule has 0 amide bonds. The molecule has 0 fully saturated rings. The maximum Gasteiger partial charge on any atom is 0.240 e. The SMILES string of the molecule is O=C=Nc1cccc(-c2cccc3ccccc23)c1. The Balaban J connectivity index is 2.24. The molecule has 0 aromatic heterocycles. The van der Waals surface area contributed by atoms with Gasteiger partial charge in [-0.25, -0.2) is 4.79 Å². The average Bonchev–Trinajstić information content (AvgIpc) is 2.47. The molecule has 0 heterocycles. The van der Waals surface area contributed by atoms with Crippen LogP contribution < -0.4 is 0 Å². The molecule has 3 rings (SSSR count). The van der Waals surface area contributed by atoms with Gasteiger partial charge in [-0.2, -0.15) is 4.99 Å². The van der Waals surface area contributed by atoms with Crippen LogP contribution >= 0.6 is 0 Å². The van der Waals surface area contributed by atoms with Crippen LogP contribution in [0.25, 0.3) is 21.9 Å². The minimum atomic E-state index is 0.625. The van der Waals surface area contributed by atoms with Crippen molar-refractivity contribution in [2.24, 2.45) is 4.99 Å². The molecule has 0 bridgehead atoms. The van der Waals surface area contributed by atoms with Crippen molar-refractivity contribution in [2.75, 3.05) is 0 Å². The molecule has 2 heteroatoms. The number of isocyanates is 1. The zero-order valence-electron chi connectivity index (χ0n) is 10.2. The average molecular weight is 245 g/mol. The van der Waals surface area contributed by atoms with Crippen LogP contribution in [0.5, 0.6) is 0 Å². The fourth-order valence-corrected chi connectivity index (χ4v) is 2.27. The van der Waals surface area contributed by atoms with Crippen molar-refractivity contribution >= 4 is 22.5 Å². The molecule has 90 valence electrons. The first kappa shape index (κ1) is 11.4. The van der Waals surface area contributed by atoms with E-state index >= 15 is 0 Å². The number of hydrogen-bond acceptors (Lipinski definition) is 2. The quantitative estimate of drug-likeness (QED) is 0.483. The van der Waals surface area contributed by atoms with Gasteiger partial charge in [0.25, 0.3) is 0 Å². The van der Waals surface area contributed by atoms with E-state index in [1.54, 1.807) is 12.1 Å². The van der Waals surface area contributed by atoms with Crippen molar-refractivity contribution in [1.29, 1.82) is 0 Å². The summed E-state index contributed by atoms with van der Waals surface area (Å²) in [6, 6.07) is 22.0. The molecule has 3 aromatic carbocycles. The van der Waals surface area contributed by atoms with Gasteiger partial charge >= 0.3 is 0 Å². The van der Waals surface area contributed by atoms with Gasteiger partial charge in [-0.15, -0.1) is 0 Å². The normalized spacial score (nSPS) is 10.1. The number of fused-ring (bicyclic) bond motifs is 1. The fraction of sp³-hybridized carbons (Fsp3) is 0. The Bertz CT molecular complexity index is 781. The second-order valence-corrected chi connectivity index (χ2v) is 4.28. The molecule has 3 aromatic rings. The highest BCUT2D eigenvalue weighted by molar-refractivity contribution is 5.96. The molecule has 0 N–H and O–H groups in total. The van der Waals surface area contributed by atoms with Crippen molar-refractivity contribution in [3.8, 4) is 11.1 Å². The number of benzene rings is 3. The highest BCUT2D eigenvalue weighted by Crippen LogP contribution is 2.30. The Morgan fingerprint density at radius 1 is 0.842 bits per heavy atom. The Morgan fingerprint density at radius 3 is 2.53 bits per heavy atom. The van der Waals surface area contributed by atoms with Crippen molar-refractivity contribution in [1.82, 2.24) is 0 Å². The van der Waals surface area contributed by atoms with Gasteiger partial charge in [-0.1, -0.05) is 54.6 Å². The topological polar surface area (TPSA) is 29.4 Å². The maximum absolute atomic E-state index is 10.3. The van der Waals surface area contributed by atoms with Crippen LogP contribution in [0, 0.1) is 0 Å². The summed E-state index contributed by atoms with van der Waals surface area (Å²) in [6.07, 6.45) is 1.57. The standard InChI is InChI=1S/C17H11NO/c19-12-18-15-8-3-7-14(11-15)17-10-4-6-13-5-1-2-9-16(13)17/h1-11H. The summed E-state index contributed by atoms with van der Waals surface area (Å²) in [5, 5.41) is 2.39. The van der Waals surface area contributed by atoms with E-state index in [0.29, 0.717) is 5.69 Å². The van der Waals surface area contributed by atoms with E-state index in [1.165, 1.54) is 10.8 Å². The van der Waals surface area contributed by atoms with Crippen LogP contribution in [-0.2, 0) is 4.79 Å². The molecule has 0 atom stereocenters. The minimum absolute atomic E-state index is 0.625. The van der Waals surface area contributed by atoms with Gasteiger partial charge in [-0.3, -0.25) is 0 Å². The second kappa shape index (κ2) is 4.89. The van der Waals surface area contributed by atoms with Gasteiger partial charge in [0.1, 0.15) is 0 Å². The molecule has 2 nitrogen and oxygen atoms in total. The molecule has 0 aliphatic rings. The van der Waals surface area contributed by atoms with E-state index < -0.39 is 0 Å². The molecule has 0 spiro atoms. The molecule has 0 unspecified atom stereocenters. The lowest BCUT2D eigenvalue weighted by molar-refractivity contribution is 0.565. The predicted octanol–water partition coefficient (Wildman–Crippen LogP) is 4.47. The van der Waals surface area contributed by atoms with Crippen LogP contribution in [0.15, 0.2) is 71.7 Å². The van der Waals surface area contributed by atoms with Crippen molar-refractivity contribution in [3.05, 3.63) is 66.7 Å². The molecular formula is C17H11NO. The summed E-state index contributed by atoms with van der Waals surface area (Å²) >= 11 is 0. The minimum Gasteiger partial charge on any atom is -0.211 e. The van der Waals surface area contributed by atoms with Gasteiger partial charge in [0.2, 0.25) is 6.08 Å². The van der Waals surface area contributed by atoms with Gasteiger partial charge in [0, 0.05) is 0 Å². The fourth-order valence-electron chi connectivity index (χ4n) is 2.27. The van der Waals surface area contributed by atoms with Crippen LogP contribution in [0.2, 0.25) is 0 Å². The second-order valence-electron chi connectivity index (χ2n) is 4.28. The number of rotatable bonds is 2. The molecule has 0 radical (unpaired) electrons. The van der Waals surface area contributed by atoms with Crippen LogP contribution in [0.1, 0.15) is 0 Å². The first-order valence-corrected chi connectivity index (χ1v) is 6.04. The van der Waals surface area contributed by atoms with E-state index in [9.17, 15) is 4.79 Å². The third kappa shape index (κ3) is 2.17. The molecule has 0 saturated carbocycles. The highest BCUT2D eigenvalue weighted by Gasteiger charge is 2.03. The summed E-state index contributed by atoms with van der Waals surface area (Å²) in [6.45, 7) is 0. The Morgan fingerprint density at radius 2 is 1.63 bits per heavy atom. The van der Waals surface area contributed by atoms with Crippen LogP contribution in [-0.4, -0.2) is 6.08 Å². The monoisotopic (exact) mass is 245 g/mol. The summed E-state index contributed by atoms with van der Waals surface area (Å²) in [4.78, 5) is 14.0. The zero-order valence-corrected chi connectivity index (χ0v) is 10.2. The third-order valence-electron chi connectivity index (χ3n) is 3.12. The number of nitrogens with zero attached hydrogens (tertiary/aromatic N) is 1. The Kier molecular flexibility index (Phi) is 2.93. The van der Waals surface area contributed by atoms with Crippen molar-refractivity contribution in [2.45, 2.75) is 0 Å². The van der Waals surface area contributed by atoms with Crippen LogP contribution in [0.3, 0.4) is 0 Å². The van der Waals surface area contributed by atoms with Gasteiger partial charge in [-0.05, 0) is 34.0 Å². The Labute approximate surface area is 111 Å². The number of hydrogen-bond donors (Lipinski definition) is 0. The van der Waals surface area contributed by atoms with E-state index in [-0.39, 0.29) is 0 Å². The van der Waals surface area contributed by atoms with Gasteiger partial charge in [0.05, 0.1) is 5.69 Å². The van der Waals surface area contributed by atoms with E-state index in [0.717, 1.165) is 11.1 Å². The number of carbonyl (C=O) groups excluding carboxylic acids is 1. The first-order chi connectivity index (χ1) is 9.38. The third-order valence-corrected chi connectivity index (χ3v) is 3.12.